The van der Waals surface area contributed by atoms with Gasteiger partial charge in [-0.1, -0.05) is 0 Å². The molecule has 5 nitrogen and oxygen atoms in total. The fourth-order valence-corrected chi connectivity index (χ4v) is 2.39. The van der Waals surface area contributed by atoms with Gasteiger partial charge in [0.2, 0.25) is 0 Å². The predicted molar refractivity (Wildman–Crippen MR) is 73.0 cm³/mol. The summed E-state index contributed by atoms with van der Waals surface area (Å²) < 4.78 is 0.239. The first-order valence-electron chi connectivity index (χ1n) is 6.12. The van der Waals surface area contributed by atoms with Gasteiger partial charge in [0, 0.05) is 23.3 Å². The number of aliphatic carboxylic acids is 1. The second kappa shape index (κ2) is 5.82. The number of amides is 2. The molecule has 1 fully saturated rings. The maximum Gasteiger partial charge on any atom is 0.315 e. The smallest absolute Gasteiger partial charge is 0.315 e. The molecule has 0 unspecified atom stereocenters. The minimum atomic E-state index is -0.843. The molecule has 1 rings (SSSR count). The Bertz CT molecular complexity index is 327. The maximum absolute atomic E-state index is 11.7. The summed E-state index contributed by atoms with van der Waals surface area (Å²) >= 11 is 1.79. The molecule has 0 bridgehead atoms. The van der Waals surface area contributed by atoms with E-state index >= 15 is 0 Å². The Morgan fingerprint density at radius 3 is 2.44 bits per heavy atom. The number of carboxylic acids is 1. The summed E-state index contributed by atoms with van der Waals surface area (Å²) in [7, 11) is 0. The van der Waals surface area contributed by atoms with Gasteiger partial charge in [-0.15, -0.1) is 0 Å². The van der Waals surface area contributed by atoms with Crippen LogP contribution < -0.4 is 10.6 Å². The van der Waals surface area contributed by atoms with Gasteiger partial charge >= 0.3 is 12.0 Å². The van der Waals surface area contributed by atoms with E-state index in [0.29, 0.717) is 13.0 Å². The van der Waals surface area contributed by atoms with Crippen LogP contribution in [-0.2, 0) is 4.79 Å². The molecule has 0 heterocycles. The summed E-state index contributed by atoms with van der Waals surface area (Å²) in [6.45, 7) is 4.34. The number of urea groups is 1. The van der Waals surface area contributed by atoms with Crippen LogP contribution in [0.4, 0.5) is 4.79 Å². The third-order valence-electron chi connectivity index (χ3n) is 3.23. The Kier molecular flexibility index (Phi) is 4.90. The SMILES string of the molecule is CSC1(CNC(=O)NC(C)(C)CCC(=O)O)CC1. The number of thioether (sulfide) groups is 1. The molecule has 0 radical (unpaired) electrons. The lowest BCUT2D eigenvalue weighted by molar-refractivity contribution is -0.137. The summed E-state index contributed by atoms with van der Waals surface area (Å²) in [5.41, 5.74) is -0.501. The van der Waals surface area contributed by atoms with Crippen molar-refractivity contribution in [2.75, 3.05) is 12.8 Å². The van der Waals surface area contributed by atoms with Gasteiger partial charge in [0.25, 0.3) is 0 Å². The summed E-state index contributed by atoms with van der Waals surface area (Å²) in [6, 6.07) is -0.217. The fourth-order valence-electron chi connectivity index (χ4n) is 1.67. The van der Waals surface area contributed by atoms with Crippen LogP contribution in [0.1, 0.15) is 39.5 Å². The van der Waals surface area contributed by atoms with Crippen LogP contribution in [0.25, 0.3) is 0 Å². The Balaban J connectivity index is 2.27. The molecule has 1 saturated carbocycles. The molecule has 18 heavy (non-hydrogen) atoms. The lowest BCUT2D eigenvalue weighted by Gasteiger charge is -2.26. The number of carbonyl (C=O) groups excluding carboxylic acids is 1. The molecule has 0 atom stereocenters. The van der Waals surface area contributed by atoms with Crippen LogP contribution in [0, 0.1) is 0 Å². The van der Waals surface area contributed by atoms with Gasteiger partial charge < -0.3 is 15.7 Å². The van der Waals surface area contributed by atoms with Gasteiger partial charge in [-0.2, -0.15) is 11.8 Å². The molecule has 0 aliphatic heterocycles. The standard InChI is InChI=1S/C12H22N2O3S/c1-11(2,5-4-9(15)16)14-10(17)13-8-12(18-3)6-7-12/h4-8H2,1-3H3,(H,15,16)(H2,13,14,17). The molecule has 0 saturated heterocycles. The molecular formula is C12H22N2O3S. The van der Waals surface area contributed by atoms with Crippen molar-refractivity contribution >= 4 is 23.8 Å². The zero-order valence-electron chi connectivity index (χ0n) is 11.2. The van der Waals surface area contributed by atoms with Gasteiger partial charge in [-0.05, 0) is 39.4 Å². The fraction of sp³-hybridized carbons (Fsp3) is 0.833. The van der Waals surface area contributed by atoms with Crippen molar-refractivity contribution in [3.8, 4) is 0 Å². The van der Waals surface area contributed by atoms with Crippen LogP contribution >= 0.6 is 11.8 Å². The molecule has 0 spiro atoms. The lowest BCUT2D eigenvalue weighted by atomic mass is 9.99. The third-order valence-corrected chi connectivity index (χ3v) is 4.65. The van der Waals surface area contributed by atoms with Crippen molar-refractivity contribution in [1.82, 2.24) is 10.6 Å². The highest BCUT2D eigenvalue weighted by Crippen LogP contribution is 2.46. The van der Waals surface area contributed by atoms with E-state index in [1.807, 2.05) is 13.8 Å². The number of carboxylic acid groups (broad SMARTS) is 1. The first-order chi connectivity index (χ1) is 8.29. The van der Waals surface area contributed by atoms with Crippen LogP contribution in [0.2, 0.25) is 0 Å². The molecule has 6 heteroatoms. The molecule has 104 valence electrons. The average Bonchev–Trinajstić information content (AvgIpc) is 3.04. The van der Waals surface area contributed by atoms with E-state index in [2.05, 4.69) is 16.9 Å². The van der Waals surface area contributed by atoms with Crippen LogP contribution in [0.5, 0.6) is 0 Å². The first kappa shape index (κ1) is 15.1. The van der Waals surface area contributed by atoms with E-state index in [-0.39, 0.29) is 17.2 Å². The maximum atomic E-state index is 11.7. The summed E-state index contributed by atoms with van der Waals surface area (Å²) in [5, 5.41) is 14.3. The normalized spacial score (nSPS) is 17.1. The number of hydrogen-bond acceptors (Lipinski definition) is 3. The monoisotopic (exact) mass is 274 g/mol. The number of rotatable bonds is 7. The van der Waals surface area contributed by atoms with Gasteiger partial charge in [0.1, 0.15) is 0 Å². The molecule has 0 aromatic carbocycles. The van der Waals surface area contributed by atoms with E-state index in [1.165, 1.54) is 0 Å². The van der Waals surface area contributed by atoms with E-state index < -0.39 is 11.5 Å². The molecule has 0 aromatic rings. The number of hydrogen-bond donors (Lipinski definition) is 3. The number of nitrogens with one attached hydrogen (secondary N) is 2. The molecule has 2 amide bonds. The van der Waals surface area contributed by atoms with Crippen molar-refractivity contribution in [3.63, 3.8) is 0 Å². The molecule has 0 aromatic heterocycles. The minimum absolute atomic E-state index is 0.0576. The second-order valence-corrected chi connectivity index (χ2v) is 6.75. The van der Waals surface area contributed by atoms with Crippen LogP contribution in [0.15, 0.2) is 0 Å². The zero-order valence-corrected chi connectivity index (χ0v) is 12.0. The van der Waals surface area contributed by atoms with Crippen LogP contribution in [-0.4, -0.2) is 40.2 Å². The van der Waals surface area contributed by atoms with Crippen LogP contribution in [0.3, 0.4) is 0 Å². The summed E-state index contributed by atoms with van der Waals surface area (Å²) in [4.78, 5) is 22.2. The molecule has 1 aliphatic carbocycles. The van der Waals surface area contributed by atoms with Gasteiger partial charge in [0.05, 0.1) is 0 Å². The second-order valence-electron chi connectivity index (χ2n) is 5.47. The minimum Gasteiger partial charge on any atom is -0.481 e. The quantitative estimate of drug-likeness (QED) is 0.662. The first-order valence-corrected chi connectivity index (χ1v) is 7.34. The Hall–Kier alpha value is -0.910. The van der Waals surface area contributed by atoms with E-state index in [1.54, 1.807) is 11.8 Å². The summed E-state index contributed by atoms with van der Waals surface area (Å²) in [6.07, 6.45) is 4.84. The highest BCUT2D eigenvalue weighted by molar-refractivity contribution is 8.00. The largest absolute Gasteiger partial charge is 0.481 e. The highest BCUT2D eigenvalue weighted by Gasteiger charge is 2.42. The molecule has 3 N–H and O–H groups in total. The van der Waals surface area contributed by atoms with Gasteiger partial charge in [0.15, 0.2) is 0 Å². The van der Waals surface area contributed by atoms with E-state index in [0.717, 1.165) is 12.8 Å². The summed E-state index contributed by atoms with van der Waals surface area (Å²) in [5.74, 6) is -0.843. The van der Waals surface area contributed by atoms with Crippen molar-refractivity contribution in [3.05, 3.63) is 0 Å². The van der Waals surface area contributed by atoms with Crippen molar-refractivity contribution in [1.29, 1.82) is 0 Å². The van der Waals surface area contributed by atoms with Gasteiger partial charge in [-0.3, -0.25) is 4.79 Å². The molecule has 1 aliphatic rings. The topological polar surface area (TPSA) is 78.4 Å². The average molecular weight is 274 g/mol. The lowest BCUT2D eigenvalue weighted by Crippen LogP contribution is -2.49. The third kappa shape index (κ3) is 5.16. The van der Waals surface area contributed by atoms with E-state index in [9.17, 15) is 9.59 Å². The van der Waals surface area contributed by atoms with E-state index in [4.69, 9.17) is 5.11 Å². The number of carbonyl (C=O) groups is 2. The zero-order chi connectivity index (χ0) is 13.8. The van der Waals surface area contributed by atoms with Gasteiger partial charge in [-0.25, -0.2) is 4.79 Å². The Morgan fingerprint density at radius 2 is 2.00 bits per heavy atom. The van der Waals surface area contributed by atoms with Crippen molar-refractivity contribution in [2.45, 2.75) is 49.8 Å². The van der Waals surface area contributed by atoms with Crippen molar-refractivity contribution < 1.29 is 14.7 Å². The van der Waals surface area contributed by atoms with Crippen molar-refractivity contribution in [2.24, 2.45) is 0 Å². The highest BCUT2D eigenvalue weighted by atomic mass is 32.2. The Morgan fingerprint density at radius 1 is 1.39 bits per heavy atom. The molecular weight excluding hydrogens is 252 g/mol. The predicted octanol–water partition coefficient (Wildman–Crippen LogP) is 1.82. The Labute approximate surface area is 112 Å².